The highest BCUT2D eigenvalue weighted by Crippen LogP contribution is 2.40. The zero-order valence-electron chi connectivity index (χ0n) is 16.2. The highest BCUT2D eigenvalue weighted by molar-refractivity contribution is 6.46. The molecule has 2 aromatic heterocycles. The zero-order chi connectivity index (χ0) is 19.9. The fraction of sp³-hybridized carbons (Fsp3) is 0.421. The Balaban J connectivity index is 2.17. The van der Waals surface area contributed by atoms with Crippen molar-refractivity contribution < 1.29 is 19.1 Å². The molecule has 0 radical (unpaired) electrons. The van der Waals surface area contributed by atoms with E-state index in [2.05, 4.69) is 5.10 Å². The number of furan rings is 1. The largest absolute Gasteiger partial charge is 0.507 e. The van der Waals surface area contributed by atoms with Crippen LogP contribution < -0.4 is 0 Å². The molecule has 1 atom stereocenters. The van der Waals surface area contributed by atoms with Crippen LogP contribution in [0, 0.1) is 13.8 Å². The summed E-state index contributed by atoms with van der Waals surface area (Å²) in [7, 11) is 5.54. The second-order valence-electron chi connectivity index (χ2n) is 6.98. The van der Waals surface area contributed by atoms with Crippen LogP contribution in [0.4, 0.5) is 0 Å². The van der Waals surface area contributed by atoms with E-state index in [0.717, 1.165) is 0 Å². The quantitative estimate of drug-likeness (QED) is 0.487. The van der Waals surface area contributed by atoms with E-state index >= 15 is 0 Å². The van der Waals surface area contributed by atoms with Crippen LogP contribution in [0.5, 0.6) is 0 Å². The number of likely N-dealkylation sites (tertiary alicyclic amines) is 1. The molecular formula is C19H24N4O4. The fourth-order valence-corrected chi connectivity index (χ4v) is 3.41. The molecule has 8 nitrogen and oxygen atoms in total. The average molecular weight is 372 g/mol. The molecule has 0 saturated carbocycles. The molecule has 8 heteroatoms. The highest BCUT2D eigenvalue weighted by atomic mass is 16.3. The van der Waals surface area contributed by atoms with Gasteiger partial charge in [-0.15, -0.1) is 0 Å². The minimum absolute atomic E-state index is 0.0351. The summed E-state index contributed by atoms with van der Waals surface area (Å²) in [6.45, 7) is 4.48. The van der Waals surface area contributed by atoms with Gasteiger partial charge in [-0.3, -0.25) is 14.3 Å². The van der Waals surface area contributed by atoms with E-state index in [9.17, 15) is 14.7 Å². The number of hydrogen-bond acceptors (Lipinski definition) is 6. The van der Waals surface area contributed by atoms with Gasteiger partial charge in [0.15, 0.2) is 0 Å². The van der Waals surface area contributed by atoms with Crippen LogP contribution >= 0.6 is 0 Å². The Bertz CT molecular complexity index is 909. The van der Waals surface area contributed by atoms with Crippen molar-refractivity contribution >= 4 is 17.4 Å². The first-order valence-corrected chi connectivity index (χ1v) is 8.71. The van der Waals surface area contributed by atoms with Gasteiger partial charge < -0.3 is 19.3 Å². The molecular weight excluding hydrogens is 348 g/mol. The predicted octanol–water partition coefficient (Wildman–Crippen LogP) is 1.61. The van der Waals surface area contributed by atoms with Crippen LogP contribution in [0.3, 0.4) is 0 Å². The van der Waals surface area contributed by atoms with Gasteiger partial charge >= 0.3 is 0 Å². The van der Waals surface area contributed by atoms with Crippen molar-refractivity contribution in [3.8, 4) is 0 Å². The fourth-order valence-electron chi connectivity index (χ4n) is 3.41. The maximum absolute atomic E-state index is 12.8. The second-order valence-corrected chi connectivity index (χ2v) is 6.98. The molecule has 0 unspecified atom stereocenters. The van der Waals surface area contributed by atoms with Gasteiger partial charge in [0.25, 0.3) is 11.7 Å². The van der Waals surface area contributed by atoms with E-state index in [4.69, 9.17) is 4.42 Å². The minimum atomic E-state index is -0.765. The Morgan fingerprint density at radius 2 is 2.04 bits per heavy atom. The van der Waals surface area contributed by atoms with Crippen molar-refractivity contribution in [1.82, 2.24) is 19.6 Å². The SMILES string of the molecule is Cc1nn(C)c(C)c1/C(O)=C1\C(=O)C(=O)N(CCN(C)C)[C@@H]1c1ccco1. The number of aryl methyl sites for hydroxylation is 2. The van der Waals surface area contributed by atoms with E-state index in [-0.39, 0.29) is 11.3 Å². The Hall–Kier alpha value is -2.87. The van der Waals surface area contributed by atoms with Crippen LogP contribution in [0.15, 0.2) is 28.4 Å². The number of carbonyl (C=O) groups excluding carboxylic acids is 2. The van der Waals surface area contributed by atoms with E-state index in [1.54, 1.807) is 37.7 Å². The topological polar surface area (TPSA) is 91.8 Å². The van der Waals surface area contributed by atoms with Crippen LogP contribution in [0.2, 0.25) is 0 Å². The third kappa shape index (κ3) is 3.16. The lowest BCUT2D eigenvalue weighted by Crippen LogP contribution is -2.35. The van der Waals surface area contributed by atoms with Gasteiger partial charge in [-0.1, -0.05) is 0 Å². The van der Waals surface area contributed by atoms with Gasteiger partial charge in [0.1, 0.15) is 17.6 Å². The maximum Gasteiger partial charge on any atom is 0.295 e. The predicted molar refractivity (Wildman–Crippen MR) is 99.0 cm³/mol. The summed E-state index contributed by atoms with van der Waals surface area (Å²) in [4.78, 5) is 28.9. The first-order chi connectivity index (χ1) is 12.7. The summed E-state index contributed by atoms with van der Waals surface area (Å²) >= 11 is 0. The molecule has 1 saturated heterocycles. The van der Waals surface area contributed by atoms with Crippen molar-refractivity contribution in [3.05, 3.63) is 46.7 Å². The van der Waals surface area contributed by atoms with Crippen LogP contribution in [0.1, 0.15) is 28.8 Å². The summed E-state index contributed by atoms with van der Waals surface area (Å²) in [6.07, 6.45) is 1.49. The number of Topliss-reactive ketones (excluding diaryl/α,β-unsaturated/α-hetero) is 1. The number of aliphatic hydroxyl groups excluding tert-OH is 1. The molecule has 0 bridgehead atoms. The summed E-state index contributed by atoms with van der Waals surface area (Å²) in [6, 6.07) is 2.64. The summed E-state index contributed by atoms with van der Waals surface area (Å²) in [5.74, 6) is -1.13. The van der Waals surface area contributed by atoms with Crippen LogP contribution in [0.25, 0.3) is 5.76 Å². The van der Waals surface area contributed by atoms with E-state index < -0.39 is 17.7 Å². The second kappa shape index (κ2) is 7.03. The molecule has 0 aromatic carbocycles. The molecule has 1 aliphatic rings. The van der Waals surface area contributed by atoms with Gasteiger partial charge in [0, 0.05) is 25.8 Å². The summed E-state index contributed by atoms with van der Waals surface area (Å²) in [5, 5.41) is 15.3. The van der Waals surface area contributed by atoms with Crippen molar-refractivity contribution in [3.63, 3.8) is 0 Å². The van der Waals surface area contributed by atoms with Gasteiger partial charge in [-0.05, 0) is 40.1 Å². The van der Waals surface area contributed by atoms with E-state index in [1.807, 2.05) is 19.0 Å². The molecule has 3 heterocycles. The lowest BCUT2D eigenvalue weighted by molar-refractivity contribution is -0.140. The van der Waals surface area contributed by atoms with Gasteiger partial charge in [-0.25, -0.2) is 0 Å². The lowest BCUT2D eigenvalue weighted by Gasteiger charge is -2.24. The Labute approximate surface area is 157 Å². The number of aromatic nitrogens is 2. The standard InChI is InChI=1S/C19H24N4O4/c1-11-14(12(2)22(5)20-11)17(24)15-16(13-7-6-10-27-13)23(9-8-21(3)4)19(26)18(15)25/h6-7,10,16,24H,8-9H2,1-5H3/b17-15+/t16-/m1/s1. The van der Waals surface area contributed by atoms with E-state index in [1.165, 1.54) is 11.2 Å². The third-order valence-corrected chi connectivity index (χ3v) is 4.89. The zero-order valence-corrected chi connectivity index (χ0v) is 16.2. The molecule has 2 aromatic rings. The molecule has 1 N–H and O–H groups in total. The molecule has 27 heavy (non-hydrogen) atoms. The smallest absolute Gasteiger partial charge is 0.295 e. The molecule has 0 aliphatic carbocycles. The molecule has 3 rings (SSSR count). The van der Waals surface area contributed by atoms with Crippen molar-refractivity contribution in [2.45, 2.75) is 19.9 Å². The van der Waals surface area contributed by atoms with Gasteiger partial charge in [0.05, 0.1) is 23.1 Å². The first-order valence-electron chi connectivity index (χ1n) is 8.71. The number of hydrogen-bond donors (Lipinski definition) is 1. The van der Waals surface area contributed by atoms with Crippen molar-refractivity contribution in [2.75, 3.05) is 27.2 Å². The summed E-state index contributed by atoms with van der Waals surface area (Å²) in [5.41, 5.74) is 1.81. The minimum Gasteiger partial charge on any atom is -0.507 e. The number of nitrogens with zero attached hydrogens (tertiary/aromatic N) is 4. The molecule has 0 spiro atoms. The third-order valence-electron chi connectivity index (χ3n) is 4.89. The summed E-state index contributed by atoms with van der Waals surface area (Å²) < 4.78 is 7.14. The van der Waals surface area contributed by atoms with E-state index in [0.29, 0.717) is 35.8 Å². The maximum atomic E-state index is 12.8. The Morgan fingerprint density at radius 1 is 1.33 bits per heavy atom. The number of aliphatic hydroxyl groups is 1. The number of ketones is 1. The average Bonchev–Trinajstić information content (AvgIpc) is 3.26. The molecule has 1 aliphatic heterocycles. The Morgan fingerprint density at radius 3 is 2.56 bits per heavy atom. The first kappa shape index (κ1) is 18.9. The lowest BCUT2D eigenvalue weighted by atomic mass is 9.98. The molecule has 1 fully saturated rings. The molecule has 144 valence electrons. The van der Waals surface area contributed by atoms with Crippen molar-refractivity contribution in [1.29, 1.82) is 0 Å². The monoisotopic (exact) mass is 372 g/mol. The van der Waals surface area contributed by atoms with Gasteiger partial charge in [0.2, 0.25) is 0 Å². The van der Waals surface area contributed by atoms with Crippen LogP contribution in [-0.2, 0) is 16.6 Å². The van der Waals surface area contributed by atoms with Crippen LogP contribution in [-0.4, -0.2) is 63.6 Å². The normalized spacial score (nSPS) is 19.5. The number of amides is 1. The number of carbonyl (C=O) groups is 2. The highest BCUT2D eigenvalue weighted by Gasteiger charge is 2.47. The van der Waals surface area contributed by atoms with Gasteiger partial charge in [-0.2, -0.15) is 5.10 Å². The van der Waals surface area contributed by atoms with Crippen molar-refractivity contribution in [2.24, 2.45) is 7.05 Å². The number of likely N-dealkylation sites (N-methyl/N-ethyl adjacent to an activating group) is 1. The number of rotatable bonds is 5. The molecule has 1 amide bonds. The Kier molecular flexibility index (Phi) is 4.93.